The van der Waals surface area contributed by atoms with Crippen LogP contribution in [0.15, 0.2) is 48.5 Å². The molecule has 0 aromatic heterocycles. The van der Waals surface area contributed by atoms with Crippen molar-refractivity contribution in [2.24, 2.45) is 0 Å². The lowest BCUT2D eigenvalue weighted by Gasteiger charge is -2.15. The van der Waals surface area contributed by atoms with Gasteiger partial charge in [0.15, 0.2) is 0 Å². The summed E-state index contributed by atoms with van der Waals surface area (Å²) in [5.41, 5.74) is 0.974. The molecule has 0 spiro atoms. The summed E-state index contributed by atoms with van der Waals surface area (Å²) in [5, 5.41) is 2.75. The summed E-state index contributed by atoms with van der Waals surface area (Å²) in [6, 6.07) is 11.6. The Balaban J connectivity index is 2.11. The first-order valence-electron chi connectivity index (χ1n) is 7.05. The zero-order chi connectivity index (χ0) is 18.5. The van der Waals surface area contributed by atoms with E-state index < -0.39 is 24.2 Å². The number of hydrogen-bond acceptors (Lipinski definition) is 3. The summed E-state index contributed by atoms with van der Waals surface area (Å²) in [6.07, 6.45) is -9.53. The summed E-state index contributed by atoms with van der Waals surface area (Å²) in [5.74, 6) is -1.62. The largest absolute Gasteiger partial charge is 0.573 e. The molecule has 2 aromatic rings. The van der Waals surface area contributed by atoms with Crippen molar-refractivity contribution >= 4 is 5.69 Å². The van der Waals surface area contributed by atoms with E-state index in [1.807, 2.05) is 30.3 Å². The molecule has 0 amide bonds. The van der Waals surface area contributed by atoms with E-state index in [1.54, 1.807) is 0 Å². The van der Waals surface area contributed by atoms with Gasteiger partial charge in [0.2, 0.25) is 0 Å². The van der Waals surface area contributed by atoms with Crippen LogP contribution in [0.3, 0.4) is 0 Å². The van der Waals surface area contributed by atoms with Crippen molar-refractivity contribution < 1.29 is 35.8 Å². The number of ether oxygens (including phenoxy) is 2. The molecule has 1 N–H and O–H groups in total. The van der Waals surface area contributed by atoms with Crippen molar-refractivity contribution in [2.75, 3.05) is 11.9 Å². The van der Waals surface area contributed by atoms with Crippen molar-refractivity contribution in [3.8, 4) is 11.5 Å². The lowest BCUT2D eigenvalue weighted by atomic mass is 10.1. The predicted octanol–water partition coefficient (Wildman–Crippen LogP) is 5.14. The first kappa shape index (κ1) is 18.8. The van der Waals surface area contributed by atoms with Gasteiger partial charge in [0.1, 0.15) is 11.5 Å². The molecular weight excluding hydrogens is 352 g/mol. The topological polar surface area (TPSA) is 30.5 Å². The fraction of sp³-hybridized carbons (Fsp3) is 0.250. The highest BCUT2D eigenvalue weighted by Crippen LogP contribution is 2.33. The molecule has 2 rings (SSSR count). The van der Waals surface area contributed by atoms with E-state index in [9.17, 15) is 26.3 Å². The van der Waals surface area contributed by atoms with Gasteiger partial charge in [-0.1, -0.05) is 30.3 Å². The molecule has 0 heterocycles. The fourth-order valence-electron chi connectivity index (χ4n) is 2.05. The maximum absolute atomic E-state index is 12.3. The SMILES string of the molecule is FC(F)(F)Oc1cc(NCCc2ccccc2)cc(OC(F)(F)F)c1. The average molecular weight is 365 g/mol. The summed E-state index contributed by atoms with van der Waals surface area (Å²) in [6.45, 7) is 0.297. The quantitative estimate of drug-likeness (QED) is 0.719. The van der Waals surface area contributed by atoms with Gasteiger partial charge in [-0.25, -0.2) is 0 Å². The molecule has 0 radical (unpaired) electrons. The Hall–Kier alpha value is -2.58. The van der Waals surface area contributed by atoms with E-state index in [0.29, 0.717) is 19.0 Å². The van der Waals surface area contributed by atoms with Gasteiger partial charge in [-0.3, -0.25) is 0 Å². The Kier molecular flexibility index (Phi) is 5.66. The number of rotatable bonds is 6. The molecule has 3 nitrogen and oxygen atoms in total. The van der Waals surface area contributed by atoms with Crippen LogP contribution < -0.4 is 14.8 Å². The molecular formula is C16H13F6NO2. The molecule has 2 aromatic carbocycles. The lowest BCUT2D eigenvalue weighted by Crippen LogP contribution is -2.19. The first-order valence-corrected chi connectivity index (χ1v) is 7.05. The van der Waals surface area contributed by atoms with Crippen LogP contribution in [-0.4, -0.2) is 19.3 Å². The van der Waals surface area contributed by atoms with Crippen LogP contribution in [0.25, 0.3) is 0 Å². The summed E-state index contributed by atoms with van der Waals surface area (Å²) in [7, 11) is 0. The molecule has 136 valence electrons. The number of nitrogens with one attached hydrogen (secondary N) is 1. The minimum Gasteiger partial charge on any atom is -0.406 e. The maximum Gasteiger partial charge on any atom is 0.573 e. The lowest BCUT2D eigenvalue weighted by molar-refractivity contribution is -0.276. The van der Waals surface area contributed by atoms with E-state index in [1.165, 1.54) is 0 Å². The van der Waals surface area contributed by atoms with Crippen molar-refractivity contribution in [3.05, 3.63) is 54.1 Å². The second-order valence-corrected chi connectivity index (χ2v) is 4.95. The minimum absolute atomic E-state index is 0.0110. The first-order chi connectivity index (χ1) is 11.6. The summed E-state index contributed by atoms with van der Waals surface area (Å²) >= 11 is 0. The Morgan fingerprint density at radius 3 is 1.76 bits per heavy atom. The van der Waals surface area contributed by atoms with Crippen LogP contribution >= 0.6 is 0 Å². The Bertz CT molecular complexity index is 651. The predicted molar refractivity (Wildman–Crippen MR) is 78.4 cm³/mol. The van der Waals surface area contributed by atoms with E-state index in [4.69, 9.17) is 0 Å². The zero-order valence-electron chi connectivity index (χ0n) is 12.6. The molecule has 0 unspecified atom stereocenters. The van der Waals surface area contributed by atoms with Crippen LogP contribution in [0.1, 0.15) is 5.56 Å². The molecule has 0 aliphatic heterocycles. The van der Waals surface area contributed by atoms with Crippen molar-refractivity contribution in [2.45, 2.75) is 19.1 Å². The van der Waals surface area contributed by atoms with E-state index in [-0.39, 0.29) is 5.69 Å². The van der Waals surface area contributed by atoms with Crippen LogP contribution in [0.2, 0.25) is 0 Å². The zero-order valence-corrected chi connectivity index (χ0v) is 12.6. The van der Waals surface area contributed by atoms with Crippen molar-refractivity contribution in [1.29, 1.82) is 0 Å². The van der Waals surface area contributed by atoms with E-state index >= 15 is 0 Å². The molecule has 0 aliphatic carbocycles. The molecule has 0 aliphatic rings. The van der Waals surface area contributed by atoms with Gasteiger partial charge in [-0.05, 0) is 12.0 Å². The highest BCUT2D eigenvalue weighted by Gasteiger charge is 2.33. The second-order valence-electron chi connectivity index (χ2n) is 4.95. The van der Waals surface area contributed by atoms with Crippen molar-refractivity contribution in [1.82, 2.24) is 0 Å². The minimum atomic E-state index is -5.03. The maximum atomic E-state index is 12.3. The molecule has 0 saturated carbocycles. The van der Waals surface area contributed by atoms with Crippen molar-refractivity contribution in [3.63, 3.8) is 0 Å². The Morgan fingerprint density at radius 1 is 0.760 bits per heavy atom. The van der Waals surface area contributed by atoms with Crippen LogP contribution in [0, 0.1) is 0 Å². The van der Waals surface area contributed by atoms with Crippen LogP contribution in [0.4, 0.5) is 32.0 Å². The fourth-order valence-corrected chi connectivity index (χ4v) is 2.05. The third kappa shape index (κ3) is 7.23. The number of hydrogen-bond donors (Lipinski definition) is 1. The molecule has 25 heavy (non-hydrogen) atoms. The van der Waals surface area contributed by atoms with Gasteiger partial charge < -0.3 is 14.8 Å². The highest BCUT2D eigenvalue weighted by molar-refractivity contribution is 5.54. The second kappa shape index (κ2) is 7.54. The summed E-state index contributed by atoms with van der Waals surface area (Å²) < 4.78 is 81.2. The third-order valence-corrected chi connectivity index (χ3v) is 2.93. The molecule has 9 heteroatoms. The molecule has 0 fully saturated rings. The van der Waals surface area contributed by atoms with Gasteiger partial charge in [0.05, 0.1) is 0 Å². The van der Waals surface area contributed by atoms with Gasteiger partial charge in [0, 0.05) is 30.4 Å². The van der Waals surface area contributed by atoms with E-state index in [2.05, 4.69) is 14.8 Å². The van der Waals surface area contributed by atoms with Gasteiger partial charge in [0.25, 0.3) is 0 Å². The average Bonchev–Trinajstić information content (AvgIpc) is 2.44. The number of halogens is 6. The monoisotopic (exact) mass is 365 g/mol. The van der Waals surface area contributed by atoms with E-state index in [0.717, 1.165) is 17.7 Å². The smallest absolute Gasteiger partial charge is 0.406 e. The van der Waals surface area contributed by atoms with Gasteiger partial charge >= 0.3 is 12.7 Å². The standard InChI is InChI=1S/C16H13F6NO2/c17-15(18,19)24-13-8-12(9-14(10-13)25-16(20,21)22)23-7-6-11-4-2-1-3-5-11/h1-5,8-10,23H,6-7H2. The molecule has 0 saturated heterocycles. The normalized spacial score (nSPS) is 11.9. The number of benzene rings is 2. The summed E-state index contributed by atoms with van der Waals surface area (Å²) in [4.78, 5) is 0. The molecule has 0 bridgehead atoms. The Labute approximate surface area is 139 Å². The van der Waals surface area contributed by atoms with Gasteiger partial charge in [-0.15, -0.1) is 26.3 Å². The number of anilines is 1. The molecule has 0 atom stereocenters. The van der Waals surface area contributed by atoms with Gasteiger partial charge in [-0.2, -0.15) is 0 Å². The Morgan fingerprint density at radius 2 is 1.28 bits per heavy atom. The number of alkyl halides is 6. The highest BCUT2D eigenvalue weighted by atomic mass is 19.4. The van der Waals surface area contributed by atoms with Crippen LogP contribution in [-0.2, 0) is 6.42 Å². The third-order valence-electron chi connectivity index (χ3n) is 2.93. The van der Waals surface area contributed by atoms with Crippen LogP contribution in [0.5, 0.6) is 11.5 Å².